The second-order valence-corrected chi connectivity index (χ2v) is 1.85. The largest absolute Gasteiger partial charge is 0 e. The first kappa shape index (κ1) is 9.90. The van der Waals surface area contributed by atoms with Crippen LogP contribution in [0.2, 0.25) is 0 Å². The average Bonchev–Trinajstić information content (AvgIpc) is 0.722. The molecule has 0 spiro atoms. The summed E-state index contributed by atoms with van der Waals surface area (Å²) in [6.45, 7) is 0. The summed E-state index contributed by atoms with van der Waals surface area (Å²) in [6.07, 6.45) is 0. The van der Waals surface area contributed by atoms with E-state index >= 15 is 0 Å². The maximum Gasteiger partial charge on any atom is 0 e. The van der Waals surface area contributed by atoms with Crippen molar-refractivity contribution in [1.82, 2.24) is 0 Å². The molecular weight excluding hydrogens is 164 g/mol. The van der Waals surface area contributed by atoms with Crippen molar-refractivity contribution in [2.45, 2.75) is 0 Å². The minimum absolute atomic E-state index is 0. The van der Waals surface area contributed by atoms with E-state index in [0.717, 1.165) is 0 Å². The molecule has 0 heterocycles. The van der Waals surface area contributed by atoms with E-state index < -0.39 is 13.6 Å². The molecule has 0 radical (unpaired) electrons. The zero-order valence-electron chi connectivity index (χ0n) is 2.62. The zero-order valence-corrected chi connectivity index (χ0v) is 5.46. The van der Waals surface area contributed by atoms with Crippen LogP contribution in [0.5, 0.6) is 0 Å². The van der Waals surface area contributed by atoms with Crippen molar-refractivity contribution in [3.63, 3.8) is 0 Å². The predicted octanol–water partition coefficient (Wildman–Crippen LogP) is -1.36. The third-order valence-corrected chi connectivity index (χ3v) is 0. The summed E-state index contributed by atoms with van der Waals surface area (Å²) in [5.74, 6) is 0. The van der Waals surface area contributed by atoms with Crippen molar-refractivity contribution in [2.24, 2.45) is 0 Å². The molecule has 0 aliphatic heterocycles. The van der Waals surface area contributed by atoms with Crippen LogP contribution >= 0.6 is 0 Å². The quantitative estimate of drug-likeness (QED) is 0.436. The third-order valence-electron chi connectivity index (χ3n) is 0. The van der Waals surface area contributed by atoms with Crippen LogP contribution < -0.4 is 0 Å². The van der Waals surface area contributed by atoms with Gasteiger partial charge in [-0.15, -0.1) is 0 Å². The van der Waals surface area contributed by atoms with E-state index in [1.54, 1.807) is 0 Å². The van der Waals surface area contributed by atoms with Gasteiger partial charge in [0, 0.05) is 21.7 Å². The molecule has 6 heavy (non-hydrogen) atoms. The van der Waals surface area contributed by atoms with Crippen LogP contribution in [0.15, 0.2) is 0 Å². The molecule has 0 unspecified atom stereocenters. The van der Waals surface area contributed by atoms with Crippen LogP contribution in [0, 0.1) is 0 Å². The molecule has 0 aliphatic rings. The van der Waals surface area contributed by atoms with Crippen LogP contribution in [0.3, 0.4) is 0 Å². The standard InChI is InChI=1S/Cr.2H2O.2O.Ti/h;2*1H2;;;/q+2;;;;;/p-2. The molecule has 0 aromatic carbocycles. The van der Waals surface area contributed by atoms with Crippen molar-refractivity contribution < 1.29 is 51.3 Å². The monoisotopic (exact) mass is 166 g/mol. The van der Waals surface area contributed by atoms with Crippen molar-refractivity contribution in [3.8, 4) is 0 Å². The molecular formula is H2CrO4Ti. The molecule has 0 bridgehead atoms. The Bertz CT molecular complexity index is 90.7. The van der Waals surface area contributed by atoms with E-state index in [1.165, 1.54) is 0 Å². The fourth-order valence-electron chi connectivity index (χ4n) is 0. The predicted molar refractivity (Wildman–Crippen MR) is 5.81 cm³/mol. The van der Waals surface area contributed by atoms with E-state index in [2.05, 4.69) is 0 Å². The van der Waals surface area contributed by atoms with E-state index in [4.69, 9.17) is 15.9 Å². The molecule has 0 fully saturated rings. The molecule has 0 aromatic heterocycles. The number of hydrogen-bond acceptors (Lipinski definition) is 2. The Morgan fingerprint density at radius 3 is 1.17 bits per heavy atom. The van der Waals surface area contributed by atoms with Gasteiger partial charge >= 0.3 is 29.5 Å². The van der Waals surface area contributed by atoms with Gasteiger partial charge in [-0.05, 0) is 0 Å². The van der Waals surface area contributed by atoms with Gasteiger partial charge in [0.05, 0.1) is 0 Å². The van der Waals surface area contributed by atoms with Crippen LogP contribution in [-0.4, -0.2) is 8.32 Å². The number of rotatable bonds is 0. The van der Waals surface area contributed by atoms with Crippen molar-refractivity contribution >= 4 is 0 Å². The Morgan fingerprint density at radius 2 is 1.17 bits per heavy atom. The summed E-state index contributed by atoms with van der Waals surface area (Å²) in [7, 11) is 0. The van der Waals surface area contributed by atoms with Gasteiger partial charge in [0.25, 0.3) is 0 Å². The zero-order chi connectivity index (χ0) is 4.50. The number of hydrogen-bond donors (Lipinski definition) is 2. The Balaban J connectivity index is 0. The van der Waals surface area contributed by atoms with E-state index in [9.17, 15) is 0 Å². The van der Waals surface area contributed by atoms with Crippen molar-refractivity contribution in [1.29, 1.82) is 0 Å². The molecule has 0 amide bonds. The van der Waals surface area contributed by atoms with Crippen LogP contribution in [0.4, 0.5) is 0 Å². The molecule has 4 nitrogen and oxygen atoms in total. The molecule has 0 aliphatic carbocycles. The Hall–Kier alpha value is 0.767. The molecule has 0 aromatic rings. The van der Waals surface area contributed by atoms with Crippen LogP contribution in [0.25, 0.3) is 0 Å². The van der Waals surface area contributed by atoms with Crippen molar-refractivity contribution in [3.05, 3.63) is 0 Å². The van der Waals surface area contributed by atoms with E-state index in [0.29, 0.717) is 0 Å². The summed E-state index contributed by atoms with van der Waals surface area (Å²) in [5, 5.41) is 0. The van der Waals surface area contributed by atoms with Gasteiger partial charge in [-0.25, -0.2) is 0 Å². The third kappa shape index (κ3) is 115. The SMILES string of the molecule is [O]=[Cr](=[O])([OH])[OH].[Ti]. The minimum Gasteiger partial charge on any atom is 0 e. The van der Waals surface area contributed by atoms with Gasteiger partial charge < -0.3 is 0 Å². The average molecular weight is 166 g/mol. The topological polar surface area (TPSA) is 74.6 Å². The fourth-order valence-corrected chi connectivity index (χ4v) is 0. The smallest absolute Gasteiger partial charge is 0 e. The summed E-state index contributed by atoms with van der Waals surface area (Å²) in [5.41, 5.74) is 0. The molecule has 6 heteroatoms. The van der Waals surface area contributed by atoms with Crippen molar-refractivity contribution in [2.75, 3.05) is 0 Å². The summed E-state index contributed by atoms with van der Waals surface area (Å²) >= 11 is -5.25. The summed E-state index contributed by atoms with van der Waals surface area (Å²) in [6, 6.07) is 0. The van der Waals surface area contributed by atoms with Crippen LogP contribution in [-0.2, 0) is 42.9 Å². The first-order chi connectivity index (χ1) is 2.00. The molecule has 0 atom stereocenters. The molecule has 0 rings (SSSR count). The van der Waals surface area contributed by atoms with Crippen LogP contribution in [0.1, 0.15) is 0 Å². The fraction of sp³-hybridized carbons (Fsp3) is 0. The maximum atomic E-state index is 8.82. The Morgan fingerprint density at radius 1 is 1.17 bits per heavy atom. The van der Waals surface area contributed by atoms with Gasteiger partial charge in [-0.1, -0.05) is 0 Å². The van der Waals surface area contributed by atoms with Gasteiger partial charge in [-0.2, -0.15) is 0 Å². The Kier molecular flexibility index (Phi) is 4.72. The minimum atomic E-state index is -5.25. The first-order valence-electron chi connectivity index (χ1n) is 0.698. The first-order valence-corrected chi connectivity index (χ1v) is 2.88. The van der Waals surface area contributed by atoms with E-state index in [-0.39, 0.29) is 21.7 Å². The summed E-state index contributed by atoms with van der Waals surface area (Å²) in [4.78, 5) is 0. The normalized spacial score (nSPS) is 9.67. The van der Waals surface area contributed by atoms with Gasteiger partial charge in [-0.3, -0.25) is 0 Å². The van der Waals surface area contributed by atoms with Gasteiger partial charge in [0.2, 0.25) is 0 Å². The molecule has 0 saturated heterocycles. The second kappa shape index (κ2) is 2.86. The second-order valence-electron chi connectivity index (χ2n) is 0.448. The van der Waals surface area contributed by atoms with Gasteiger partial charge in [0.15, 0.2) is 0 Å². The molecule has 36 valence electrons. The Labute approximate surface area is 51.4 Å². The van der Waals surface area contributed by atoms with Gasteiger partial charge in [0.1, 0.15) is 0 Å². The maximum absolute atomic E-state index is 8.82. The summed E-state index contributed by atoms with van der Waals surface area (Å²) < 4.78 is 31.9. The molecule has 0 saturated carbocycles. The molecule has 2 N–H and O–H groups in total. The van der Waals surface area contributed by atoms with E-state index in [1.807, 2.05) is 0 Å².